The molecule has 19 heavy (non-hydrogen) atoms. The van der Waals surface area contributed by atoms with Crippen LogP contribution in [0.1, 0.15) is 10.4 Å². The second-order valence-electron chi connectivity index (χ2n) is 3.63. The zero-order chi connectivity index (χ0) is 14.4. The van der Waals surface area contributed by atoms with Crippen LogP contribution in [0.25, 0.3) is 10.1 Å². The fourth-order valence-electron chi connectivity index (χ4n) is 1.61. The zero-order valence-electron chi connectivity index (χ0n) is 9.02. The molecule has 0 saturated heterocycles. The van der Waals surface area contributed by atoms with Crippen molar-refractivity contribution in [1.82, 2.24) is 0 Å². The molecule has 9 heteroatoms. The summed E-state index contributed by atoms with van der Waals surface area (Å²) >= 11 is 0.661. The summed E-state index contributed by atoms with van der Waals surface area (Å²) in [6, 6.07) is 4.19. The van der Waals surface area contributed by atoms with Crippen LogP contribution in [0.2, 0.25) is 0 Å². The van der Waals surface area contributed by atoms with Crippen molar-refractivity contribution < 1.29 is 21.6 Å². The number of nitrogens with two attached hydrogens (primary N) is 1. The maximum absolute atomic E-state index is 12.5. The fourth-order valence-corrected chi connectivity index (χ4v) is 3.87. The van der Waals surface area contributed by atoms with Gasteiger partial charge in [-0.05, 0) is 12.1 Å². The van der Waals surface area contributed by atoms with Crippen molar-refractivity contribution in [3.8, 4) is 6.07 Å². The number of sulfonamides is 1. The van der Waals surface area contributed by atoms with E-state index in [0.717, 1.165) is 18.2 Å². The van der Waals surface area contributed by atoms with Crippen molar-refractivity contribution in [1.29, 1.82) is 5.26 Å². The lowest BCUT2D eigenvalue weighted by atomic mass is 10.1. The van der Waals surface area contributed by atoms with Crippen LogP contribution in [0.3, 0.4) is 0 Å². The molecule has 2 N–H and O–H groups in total. The Balaban J connectivity index is 2.84. The molecule has 0 saturated carbocycles. The molecule has 0 radical (unpaired) electrons. The van der Waals surface area contributed by atoms with E-state index in [1.54, 1.807) is 6.07 Å². The topological polar surface area (TPSA) is 83.9 Å². The van der Waals surface area contributed by atoms with Gasteiger partial charge in [-0.3, -0.25) is 0 Å². The third-order valence-electron chi connectivity index (χ3n) is 2.36. The van der Waals surface area contributed by atoms with Gasteiger partial charge in [-0.2, -0.15) is 18.4 Å². The standard InChI is InChI=1S/C10H5F3N2O2S2/c11-10(12,13)5-1-2-6-7(3-5)18-8(4-14)9(6)19(15,16)17/h1-3H,(H2,15,16,17). The second-order valence-corrected chi connectivity index (χ2v) is 6.18. The van der Waals surface area contributed by atoms with Crippen LogP contribution < -0.4 is 5.14 Å². The lowest BCUT2D eigenvalue weighted by Gasteiger charge is -2.06. The van der Waals surface area contributed by atoms with Crippen molar-refractivity contribution in [2.45, 2.75) is 11.1 Å². The zero-order valence-corrected chi connectivity index (χ0v) is 10.7. The van der Waals surface area contributed by atoms with Crippen molar-refractivity contribution in [2.24, 2.45) is 5.14 Å². The Morgan fingerprint density at radius 3 is 2.42 bits per heavy atom. The van der Waals surface area contributed by atoms with E-state index in [-0.39, 0.29) is 15.0 Å². The average molecular weight is 306 g/mol. The summed E-state index contributed by atoms with van der Waals surface area (Å²) in [6.07, 6.45) is -4.53. The molecule has 2 rings (SSSR count). The molecule has 2 aromatic rings. The third kappa shape index (κ3) is 2.42. The lowest BCUT2D eigenvalue weighted by molar-refractivity contribution is -0.137. The van der Waals surface area contributed by atoms with Crippen LogP contribution in [-0.4, -0.2) is 8.42 Å². The van der Waals surface area contributed by atoms with E-state index in [4.69, 9.17) is 10.4 Å². The lowest BCUT2D eigenvalue weighted by Crippen LogP contribution is -2.12. The van der Waals surface area contributed by atoms with Crippen molar-refractivity contribution in [3.05, 3.63) is 28.6 Å². The fraction of sp³-hybridized carbons (Fsp3) is 0.100. The maximum Gasteiger partial charge on any atom is 0.416 e. The molecule has 0 unspecified atom stereocenters. The summed E-state index contributed by atoms with van der Waals surface area (Å²) in [6.45, 7) is 0. The van der Waals surface area contributed by atoms with Gasteiger partial charge in [0.25, 0.3) is 0 Å². The van der Waals surface area contributed by atoms with Gasteiger partial charge in [0.15, 0.2) is 0 Å². The Bertz CT molecular complexity index is 801. The van der Waals surface area contributed by atoms with Crippen molar-refractivity contribution >= 4 is 31.4 Å². The Morgan fingerprint density at radius 1 is 1.32 bits per heavy atom. The van der Waals surface area contributed by atoms with Crippen LogP contribution in [0.15, 0.2) is 23.1 Å². The van der Waals surface area contributed by atoms with Gasteiger partial charge in [0, 0.05) is 10.1 Å². The average Bonchev–Trinajstić information content (AvgIpc) is 2.64. The number of hydrogen-bond acceptors (Lipinski definition) is 4. The molecule has 0 aliphatic heterocycles. The molecule has 0 amide bonds. The summed E-state index contributed by atoms with van der Waals surface area (Å²) in [7, 11) is -4.17. The minimum Gasteiger partial charge on any atom is -0.225 e. The molecule has 100 valence electrons. The molecular formula is C10H5F3N2O2S2. The van der Waals surface area contributed by atoms with Gasteiger partial charge < -0.3 is 0 Å². The van der Waals surface area contributed by atoms with Crippen molar-refractivity contribution in [3.63, 3.8) is 0 Å². The van der Waals surface area contributed by atoms with E-state index < -0.39 is 26.7 Å². The Hall–Kier alpha value is -1.63. The number of hydrogen-bond donors (Lipinski definition) is 1. The molecular weight excluding hydrogens is 301 g/mol. The number of nitriles is 1. The van der Waals surface area contributed by atoms with E-state index in [1.165, 1.54) is 0 Å². The van der Waals surface area contributed by atoms with Gasteiger partial charge >= 0.3 is 6.18 Å². The first-order valence-electron chi connectivity index (χ1n) is 4.71. The summed E-state index contributed by atoms with van der Waals surface area (Å²) in [5.74, 6) is 0. The molecule has 1 heterocycles. The molecule has 1 aromatic carbocycles. The van der Waals surface area contributed by atoms with E-state index >= 15 is 0 Å². The predicted octanol–water partition coefficient (Wildman–Crippen LogP) is 2.44. The molecule has 0 bridgehead atoms. The highest BCUT2D eigenvalue weighted by atomic mass is 32.2. The summed E-state index contributed by atoms with van der Waals surface area (Å²) in [4.78, 5) is -0.652. The molecule has 1 aromatic heterocycles. The number of primary sulfonamides is 1. The van der Waals surface area contributed by atoms with Gasteiger partial charge in [-0.15, -0.1) is 11.3 Å². The van der Waals surface area contributed by atoms with Crippen molar-refractivity contribution in [2.75, 3.05) is 0 Å². The maximum atomic E-state index is 12.5. The molecule has 0 atom stereocenters. The normalized spacial score (nSPS) is 12.6. The van der Waals surface area contributed by atoms with Gasteiger partial charge in [-0.1, -0.05) is 6.07 Å². The van der Waals surface area contributed by atoms with Gasteiger partial charge in [-0.25, -0.2) is 13.6 Å². The number of thiophene rings is 1. The Kier molecular flexibility index (Phi) is 3.04. The monoisotopic (exact) mass is 306 g/mol. The van der Waals surface area contributed by atoms with Crippen LogP contribution >= 0.6 is 11.3 Å². The highest BCUT2D eigenvalue weighted by molar-refractivity contribution is 7.89. The quantitative estimate of drug-likeness (QED) is 0.878. The highest BCUT2D eigenvalue weighted by Crippen LogP contribution is 2.38. The van der Waals surface area contributed by atoms with Crippen LogP contribution in [0.5, 0.6) is 0 Å². The summed E-state index contributed by atoms with van der Waals surface area (Å²) in [5, 5.41) is 13.8. The molecule has 0 aliphatic rings. The highest BCUT2D eigenvalue weighted by Gasteiger charge is 2.31. The second kappa shape index (κ2) is 4.19. The minimum absolute atomic E-state index is 0.0250. The van der Waals surface area contributed by atoms with E-state index in [2.05, 4.69) is 0 Å². The Morgan fingerprint density at radius 2 is 1.95 bits per heavy atom. The van der Waals surface area contributed by atoms with Crippen LogP contribution in [0, 0.1) is 11.3 Å². The molecule has 0 spiro atoms. The Labute approximate surface area is 109 Å². The van der Waals surface area contributed by atoms with E-state index in [1.807, 2.05) is 0 Å². The third-order valence-corrected chi connectivity index (χ3v) is 4.54. The molecule has 0 aliphatic carbocycles. The molecule has 4 nitrogen and oxygen atoms in total. The molecule has 0 fully saturated rings. The number of alkyl halides is 3. The number of fused-ring (bicyclic) bond motifs is 1. The van der Waals surface area contributed by atoms with E-state index in [9.17, 15) is 21.6 Å². The number of benzene rings is 1. The number of halogens is 3. The number of rotatable bonds is 1. The first-order valence-corrected chi connectivity index (χ1v) is 7.07. The first kappa shape index (κ1) is 13.8. The van der Waals surface area contributed by atoms with Gasteiger partial charge in [0.1, 0.15) is 15.8 Å². The van der Waals surface area contributed by atoms with Crippen LogP contribution in [0.4, 0.5) is 13.2 Å². The predicted molar refractivity (Wildman–Crippen MR) is 62.9 cm³/mol. The summed E-state index contributed by atoms with van der Waals surface area (Å²) < 4.78 is 60.4. The summed E-state index contributed by atoms with van der Waals surface area (Å²) in [5.41, 5.74) is -0.910. The SMILES string of the molecule is N#Cc1sc2cc(C(F)(F)F)ccc2c1S(N)(=O)=O. The van der Waals surface area contributed by atoms with Crippen LogP contribution in [-0.2, 0) is 16.2 Å². The van der Waals surface area contributed by atoms with Gasteiger partial charge in [0.2, 0.25) is 10.0 Å². The largest absolute Gasteiger partial charge is 0.416 e. The minimum atomic E-state index is -4.53. The smallest absolute Gasteiger partial charge is 0.225 e. The first-order chi connectivity index (χ1) is 8.64. The number of nitrogens with zero attached hydrogens (tertiary/aromatic N) is 1. The van der Waals surface area contributed by atoms with E-state index in [0.29, 0.717) is 11.3 Å². The van der Waals surface area contributed by atoms with Gasteiger partial charge in [0.05, 0.1) is 5.56 Å².